The van der Waals surface area contributed by atoms with E-state index in [0.717, 1.165) is 12.2 Å². The fourth-order valence-corrected chi connectivity index (χ4v) is 3.40. The van der Waals surface area contributed by atoms with Gasteiger partial charge in [-0.25, -0.2) is 9.59 Å². The number of carbonyl (C=O) groups is 2. The predicted molar refractivity (Wildman–Crippen MR) is 132 cm³/mol. The van der Waals surface area contributed by atoms with Crippen LogP contribution in [0.4, 0.5) is 16.2 Å². The van der Waals surface area contributed by atoms with Crippen molar-refractivity contribution in [3.05, 3.63) is 48.0 Å². The van der Waals surface area contributed by atoms with Crippen molar-refractivity contribution in [3.63, 3.8) is 0 Å². The molecule has 2 aromatic rings. The molecule has 0 bridgehead atoms. The van der Waals surface area contributed by atoms with Crippen molar-refractivity contribution in [2.75, 3.05) is 31.5 Å². The fourth-order valence-electron chi connectivity index (χ4n) is 3.40. The molecular weight excluding hydrogens is 420 g/mol. The van der Waals surface area contributed by atoms with Crippen LogP contribution < -0.4 is 20.1 Å². The molecule has 2 amide bonds. The Bertz CT molecular complexity index is 867. The number of amides is 2. The lowest BCUT2D eigenvalue weighted by molar-refractivity contribution is 0.0600. The molecule has 0 aliphatic carbocycles. The number of ether oxygens (including phenoxy) is 3. The van der Waals surface area contributed by atoms with Gasteiger partial charge in [0.1, 0.15) is 11.5 Å². The lowest BCUT2D eigenvalue weighted by Crippen LogP contribution is -2.20. The molecule has 0 saturated heterocycles. The van der Waals surface area contributed by atoms with Gasteiger partial charge in [0.2, 0.25) is 0 Å². The summed E-state index contributed by atoms with van der Waals surface area (Å²) in [7, 11) is 2.79. The van der Waals surface area contributed by atoms with Crippen molar-refractivity contribution in [1.29, 1.82) is 0 Å². The van der Waals surface area contributed by atoms with Crippen molar-refractivity contribution in [2.24, 2.45) is 0 Å². The predicted octanol–water partition coefficient (Wildman–Crippen LogP) is 6.65. The minimum absolute atomic E-state index is 0.312. The van der Waals surface area contributed by atoms with Crippen LogP contribution in [0.25, 0.3) is 0 Å². The van der Waals surface area contributed by atoms with E-state index in [-0.39, 0.29) is 0 Å². The molecule has 0 radical (unpaired) electrons. The topological polar surface area (TPSA) is 85.9 Å². The largest absolute Gasteiger partial charge is 0.495 e. The molecule has 0 atom stereocenters. The third kappa shape index (κ3) is 9.43. The maximum atomic E-state index is 12.4. The van der Waals surface area contributed by atoms with Crippen LogP contribution in [-0.2, 0) is 4.74 Å². The van der Waals surface area contributed by atoms with Crippen LogP contribution in [0, 0.1) is 0 Å². The molecule has 33 heavy (non-hydrogen) atoms. The lowest BCUT2D eigenvalue weighted by atomic mass is 10.1. The quantitative estimate of drug-likeness (QED) is 0.246. The first kappa shape index (κ1) is 26.0. The Balaban J connectivity index is 1.76. The molecule has 180 valence electrons. The standard InChI is InChI=1S/C26H36N2O5/c1-4-5-6-7-8-9-10-11-18-33-22-15-13-21(14-16-22)27-26(30)28-23-19-20(25(29)32-3)12-17-24(23)31-2/h12-17,19H,4-11,18H2,1-3H3,(H2,27,28,30). The minimum atomic E-state index is -0.497. The van der Waals surface area contributed by atoms with Gasteiger partial charge in [0, 0.05) is 5.69 Å². The van der Waals surface area contributed by atoms with Crippen LogP contribution in [0.15, 0.2) is 42.5 Å². The second-order valence-corrected chi connectivity index (χ2v) is 7.83. The summed E-state index contributed by atoms with van der Waals surface area (Å²) in [6, 6.07) is 11.4. The van der Waals surface area contributed by atoms with Crippen molar-refractivity contribution >= 4 is 23.4 Å². The van der Waals surface area contributed by atoms with Crippen LogP contribution in [-0.4, -0.2) is 32.8 Å². The molecule has 2 N–H and O–H groups in total. The number of benzene rings is 2. The SMILES string of the molecule is CCCCCCCCCCOc1ccc(NC(=O)Nc2cc(C(=O)OC)ccc2OC)cc1. The van der Waals surface area contributed by atoms with E-state index in [0.29, 0.717) is 29.3 Å². The van der Waals surface area contributed by atoms with Gasteiger partial charge in [-0.15, -0.1) is 0 Å². The summed E-state index contributed by atoms with van der Waals surface area (Å²) >= 11 is 0. The average Bonchev–Trinajstić information content (AvgIpc) is 2.83. The number of hydrogen-bond acceptors (Lipinski definition) is 5. The second kappa shape index (κ2) is 14.8. The average molecular weight is 457 g/mol. The van der Waals surface area contributed by atoms with Crippen LogP contribution in [0.5, 0.6) is 11.5 Å². The van der Waals surface area contributed by atoms with Crippen LogP contribution in [0.2, 0.25) is 0 Å². The van der Waals surface area contributed by atoms with Crippen molar-refractivity contribution < 1.29 is 23.8 Å². The lowest BCUT2D eigenvalue weighted by Gasteiger charge is -2.13. The summed E-state index contributed by atoms with van der Waals surface area (Å²) in [5.41, 5.74) is 1.30. The Hall–Kier alpha value is -3.22. The molecule has 0 unspecified atom stereocenters. The number of anilines is 2. The van der Waals surface area contributed by atoms with Crippen molar-refractivity contribution in [3.8, 4) is 11.5 Å². The number of esters is 1. The maximum Gasteiger partial charge on any atom is 0.337 e. The third-order valence-electron chi connectivity index (χ3n) is 5.25. The normalized spacial score (nSPS) is 10.4. The molecule has 0 aliphatic heterocycles. The highest BCUT2D eigenvalue weighted by Crippen LogP contribution is 2.26. The van der Waals surface area contributed by atoms with Gasteiger partial charge in [0.05, 0.1) is 32.1 Å². The van der Waals surface area contributed by atoms with Crippen LogP contribution in [0.3, 0.4) is 0 Å². The molecular formula is C26H36N2O5. The molecule has 0 spiro atoms. The summed E-state index contributed by atoms with van der Waals surface area (Å²) < 4.78 is 15.8. The van der Waals surface area contributed by atoms with E-state index in [2.05, 4.69) is 17.6 Å². The Morgan fingerprint density at radius 3 is 2.12 bits per heavy atom. The smallest absolute Gasteiger partial charge is 0.337 e. The van der Waals surface area contributed by atoms with E-state index < -0.39 is 12.0 Å². The van der Waals surface area contributed by atoms with E-state index >= 15 is 0 Å². The zero-order valence-electron chi connectivity index (χ0n) is 19.9. The summed E-state index contributed by atoms with van der Waals surface area (Å²) in [6.07, 6.45) is 10.1. The van der Waals surface area contributed by atoms with Gasteiger partial charge in [-0.05, 0) is 48.9 Å². The number of hydrogen-bond donors (Lipinski definition) is 2. The highest BCUT2D eigenvalue weighted by atomic mass is 16.5. The summed E-state index contributed by atoms with van der Waals surface area (Å²) in [5, 5.41) is 5.46. The van der Waals surface area contributed by atoms with Gasteiger partial charge in [0.25, 0.3) is 0 Å². The molecule has 0 heterocycles. The van der Waals surface area contributed by atoms with Crippen molar-refractivity contribution in [1.82, 2.24) is 0 Å². The molecule has 7 heteroatoms. The number of nitrogens with one attached hydrogen (secondary N) is 2. The van der Waals surface area contributed by atoms with Crippen molar-refractivity contribution in [2.45, 2.75) is 58.3 Å². The Morgan fingerprint density at radius 1 is 0.818 bits per heavy atom. The number of methoxy groups -OCH3 is 2. The molecule has 7 nitrogen and oxygen atoms in total. The molecule has 0 fully saturated rings. The Morgan fingerprint density at radius 2 is 1.48 bits per heavy atom. The van der Waals surface area contributed by atoms with Gasteiger partial charge in [0.15, 0.2) is 0 Å². The summed E-state index contributed by atoms with van der Waals surface area (Å²) in [5.74, 6) is 0.711. The zero-order chi connectivity index (χ0) is 23.9. The minimum Gasteiger partial charge on any atom is -0.495 e. The van der Waals surface area contributed by atoms with E-state index in [1.165, 1.54) is 65.2 Å². The monoisotopic (exact) mass is 456 g/mol. The van der Waals surface area contributed by atoms with E-state index in [1.54, 1.807) is 24.3 Å². The summed E-state index contributed by atoms with van der Waals surface area (Å²) in [4.78, 5) is 24.2. The van der Waals surface area contributed by atoms with Gasteiger partial charge in [-0.3, -0.25) is 0 Å². The number of unbranched alkanes of at least 4 members (excludes halogenated alkanes) is 7. The fraction of sp³-hybridized carbons (Fsp3) is 0.462. The molecule has 0 saturated carbocycles. The Kier molecular flexibility index (Phi) is 11.7. The first-order valence-electron chi connectivity index (χ1n) is 11.6. The third-order valence-corrected chi connectivity index (χ3v) is 5.25. The van der Waals surface area contributed by atoms with Gasteiger partial charge in [-0.2, -0.15) is 0 Å². The number of urea groups is 1. The summed E-state index contributed by atoms with van der Waals surface area (Å²) in [6.45, 7) is 2.93. The first-order chi connectivity index (χ1) is 16.1. The number of carbonyl (C=O) groups excluding carboxylic acids is 2. The Labute approximate surface area is 196 Å². The first-order valence-corrected chi connectivity index (χ1v) is 11.6. The maximum absolute atomic E-state index is 12.4. The molecule has 2 rings (SSSR count). The second-order valence-electron chi connectivity index (χ2n) is 7.83. The van der Waals surface area contributed by atoms with Crippen LogP contribution in [0.1, 0.15) is 68.6 Å². The van der Waals surface area contributed by atoms with E-state index in [4.69, 9.17) is 14.2 Å². The highest BCUT2D eigenvalue weighted by Gasteiger charge is 2.13. The molecule has 0 aromatic heterocycles. The number of rotatable bonds is 14. The van der Waals surface area contributed by atoms with Gasteiger partial charge in [-0.1, -0.05) is 51.9 Å². The van der Waals surface area contributed by atoms with Gasteiger partial charge < -0.3 is 24.8 Å². The highest BCUT2D eigenvalue weighted by molar-refractivity contribution is 6.01. The zero-order valence-corrected chi connectivity index (χ0v) is 19.9. The van der Waals surface area contributed by atoms with E-state index in [9.17, 15) is 9.59 Å². The van der Waals surface area contributed by atoms with Crippen LogP contribution >= 0.6 is 0 Å². The van der Waals surface area contributed by atoms with Gasteiger partial charge >= 0.3 is 12.0 Å². The molecule has 2 aromatic carbocycles. The van der Waals surface area contributed by atoms with E-state index in [1.807, 2.05) is 12.1 Å². The molecule has 0 aliphatic rings.